The fourth-order valence-corrected chi connectivity index (χ4v) is 2.95. The Bertz CT molecular complexity index is 520. The third kappa shape index (κ3) is 4.48. The first-order chi connectivity index (χ1) is 10.6. The number of nitrogens with zero attached hydrogens (tertiary/aromatic N) is 3. The van der Waals surface area contributed by atoms with Crippen LogP contribution in [0.1, 0.15) is 38.1 Å². The molecular weight excluding hydrogens is 304 g/mol. The smallest absolute Gasteiger partial charge is 0.231 e. The Labute approximate surface area is 134 Å². The molecule has 1 saturated heterocycles. The normalized spacial score (nSPS) is 18.0. The molecule has 0 saturated carbocycles. The monoisotopic (exact) mass is 326 g/mol. The Kier molecular flexibility index (Phi) is 6.26. The van der Waals surface area contributed by atoms with Gasteiger partial charge in [-0.2, -0.15) is 0 Å². The number of likely N-dealkylation sites (tertiary alicyclic amines) is 1. The number of aromatic nitrogens is 2. The largest absolute Gasteiger partial charge is 0.374 e. The molecule has 122 valence electrons. The molecule has 2 rings (SSSR count). The molecule has 0 aliphatic carbocycles. The maximum Gasteiger partial charge on any atom is 0.231 e. The van der Waals surface area contributed by atoms with E-state index >= 15 is 0 Å². The Hall–Kier alpha value is -1.54. The van der Waals surface area contributed by atoms with Gasteiger partial charge in [0.1, 0.15) is 11.6 Å². The first kappa shape index (κ1) is 16.8. The van der Waals surface area contributed by atoms with Crippen molar-refractivity contribution in [3.8, 4) is 0 Å². The molecule has 1 fully saturated rings. The van der Waals surface area contributed by atoms with Crippen LogP contribution in [0.15, 0.2) is 0 Å². The summed E-state index contributed by atoms with van der Waals surface area (Å²) >= 11 is 1.30. The van der Waals surface area contributed by atoms with Crippen LogP contribution in [0.3, 0.4) is 0 Å². The molecule has 0 aromatic carbocycles. The average Bonchev–Trinajstić information content (AvgIpc) is 3.09. The van der Waals surface area contributed by atoms with Gasteiger partial charge in [0.25, 0.3) is 0 Å². The molecule has 0 unspecified atom stereocenters. The van der Waals surface area contributed by atoms with Gasteiger partial charge in [-0.05, 0) is 13.3 Å². The van der Waals surface area contributed by atoms with E-state index in [0.717, 1.165) is 24.4 Å². The van der Waals surface area contributed by atoms with Gasteiger partial charge in [0, 0.05) is 26.1 Å². The molecule has 0 spiro atoms. The Morgan fingerprint density at radius 2 is 2.27 bits per heavy atom. The van der Waals surface area contributed by atoms with E-state index in [1.54, 1.807) is 4.90 Å². The number of rotatable bonds is 8. The van der Waals surface area contributed by atoms with Crippen LogP contribution in [-0.2, 0) is 20.9 Å². The van der Waals surface area contributed by atoms with Crippen molar-refractivity contribution in [1.82, 2.24) is 15.1 Å². The van der Waals surface area contributed by atoms with Crippen molar-refractivity contribution >= 4 is 28.3 Å². The summed E-state index contributed by atoms with van der Waals surface area (Å²) in [5, 5.41) is 11.8. The second-order valence-electron chi connectivity index (χ2n) is 5.22. The zero-order valence-corrected chi connectivity index (χ0v) is 13.8. The van der Waals surface area contributed by atoms with Crippen LogP contribution < -0.4 is 5.32 Å². The van der Waals surface area contributed by atoms with Gasteiger partial charge in [-0.25, -0.2) is 0 Å². The molecule has 1 aromatic heterocycles. The highest BCUT2D eigenvalue weighted by Gasteiger charge is 2.34. The van der Waals surface area contributed by atoms with Gasteiger partial charge in [0.05, 0.1) is 5.92 Å². The van der Waals surface area contributed by atoms with Crippen molar-refractivity contribution in [2.75, 3.05) is 25.0 Å². The van der Waals surface area contributed by atoms with Crippen molar-refractivity contribution in [2.24, 2.45) is 5.92 Å². The van der Waals surface area contributed by atoms with Gasteiger partial charge < -0.3 is 15.0 Å². The van der Waals surface area contributed by atoms with Crippen molar-refractivity contribution < 1.29 is 14.3 Å². The average molecular weight is 326 g/mol. The lowest BCUT2D eigenvalue weighted by Crippen LogP contribution is -2.29. The summed E-state index contributed by atoms with van der Waals surface area (Å²) in [6.07, 6.45) is 2.28. The standard InChI is InChI=1S/C14H22N4O3S/c1-3-5-6-18-8-10(7-12(18)19)13(20)15-14-17-16-11(22-14)9-21-4-2/h10H,3-9H2,1-2H3,(H,15,17,20)/t10-/m1/s1. The van der Waals surface area contributed by atoms with Gasteiger partial charge in [0.2, 0.25) is 16.9 Å². The molecule has 1 aliphatic heterocycles. The van der Waals surface area contributed by atoms with Crippen molar-refractivity contribution in [2.45, 2.75) is 39.7 Å². The number of ether oxygens (including phenoxy) is 1. The summed E-state index contributed by atoms with van der Waals surface area (Å²) < 4.78 is 5.25. The van der Waals surface area contributed by atoms with Crippen LogP contribution in [0.5, 0.6) is 0 Å². The number of carbonyl (C=O) groups is 2. The fraction of sp³-hybridized carbons (Fsp3) is 0.714. The number of amides is 2. The molecule has 8 heteroatoms. The lowest BCUT2D eigenvalue weighted by molar-refractivity contribution is -0.128. The van der Waals surface area contributed by atoms with Gasteiger partial charge in [-0.1, -0.05) is 24.7 Å². The Morgan fingerprint density at radius 3 is 3.00 bits per heavy atom. The summed E-state index contributed by atoms with van der Waals surface area (Å²) in [5.74, 6) is -0.405. The van der Waals surface area contributed by atoms with E-state index in [2.05, 4.69) is 22.4 Å². The van der Waals surface area contributed by atoms with Crippen LogP contribution in [-0.4, -0.2) is 46.6 Å². The molecule has 1 atom stereocenters. The zero-order valence-electron chi connectivity index (χ0n) is 13.0. The number of anilines is 1. The third-order valence-corrected chi connectivity index (χ3v) is 4.31. The highest BCUT2D eigenvalue weighted by Crippen LogP contribution is 2.22. The molecule has 2 amide bonds. The summed E-state index contributed by atoms with van der Waals surface area (Å²) in [5.41, 5.74) is 0. The molecule has 22 heavy (non-hydrogen) atoms. The van der Waals surface area contributed by atoms with Crippen molar-refractivity contribution in [1.29, 1.82) is 0 Å². The minimum absolute atomic E-state index is 0.0582. The van der Waals surface area contributed by atoms with E-state index in [9.17, 15) is 9.59 Å². The van der Waals surface area contributed by atoms with Crippen molar-refractivity contribution in [3.63, 3.8) is 0 Å². The van der Waals surface area contributed by atoms with E-state index in [1.807, 2.05) is 6.92 Å². The molecule has 0 bridgehead atoms. The fourth-order valence-electron chi connectivity index (χ4n) is 2.27. The highest BCUT2D eigenvalue weighted by molar-refractivity contribution is 7.15. The van der Waals surface area contributed by atoms with E-state index in [-0.39, 0.29) is 24.2 Å². The maximum atomic E-state index is 12.2. The summed E-state index contributed by atoms with van der Waals surface area (Å²) in [4.78, 5) is 25.9. The van der Waals surface area contributed by atoms with Crippen LogP contribution >= 0.6 is 11.3 Å². The predicted octanol–water partition coefficient (Wildman–Crippen LogP) is 1.66. The van der Waals surface area contributed by atoms with E-state index in [4.69, 9.17) is 4.74 Å². The molecule has 2 heterocycles. The van der Waals surface area contributed by atoms with Crippen LogP contribution in [0.2, 0.25) is 0 Å². The summed E-state index contributed by atoms with van der Waals surface area (Å²) in [7, 11) is 0. The van der Waals surface area contributed by atoms with Gasteiger partial charge >= 0.3 is 0 Å². The molecule has 7 nitrogen and oxygen atoms in total. The summed E-state index contributed by atoms with van der Waals surface area (Å²) in [6.45, 7) is 6.23. The van der Waals surface area contributed by atoms with E-state index in [1.165, 1.54) is 11.3 Å². The molecule has 1 N–H and O–H groups in total. The number of hydrogen-bond donors (Lipinski definition) is 1. The van der Waals surface area contributed by atoms with E-state index < -0.39 is 0 Å². The second kappa shape index (κ2) is 8.19. The van der Waals surface area contributed by atoms with Gasteiger partial charge in [-0.15, -0.1) is 10.2 Å². The van der Waals surface area contributed by atoms with Gasteiger partial charge in [-0.3, -0.25) is 9.59 Å². The topological polar surface area (TPSA) is 84.4 Å². The molecule has 1 aliphatic rings. The number of carbonyl (C=O) groups excluding carboxylic acids is 2. The maximum absolute atomic E-state index is 12.2. The predicted molar refractivity (Wildman–Crippen MR) is 83.5 cm³/mol. The van der Waals surface area contributed by atoms with Crippen LogP contribution in [0.4, 0.5) is 5.13 Å². The Morgan fingerprint density at radius 1 is 1.45 bits per heavy atom. The van der Waals surface area contributed by atoms with Crippen molar-refractivity contribution in [3.05, 3.63) is 5.01 Å². The quantitative estimate of drug-likeness (QED) is 0.785. The minimum atomic E-state index is -0.302. The Balaban J connectivity index is 1.84. The number of hydrogen-bond acceptors (Lipinski definition) is 6. The first-order valence-corrected chi connectivity index (χ1v) is 8.44. The zero-order chi connectivity index (χ0) is 15.9. The SMILES string of the molecule is CCCCN1C[C@H](C(=O)Nc2nnc(COCC)s2)CC1=O. The lowest BCUT2D eigenvalue weighted by Gasteiger charge is -2.15. The molecule has 1 aromatic rings. The lowest BCUT2D eigenvalue weighted by atomic mass is 10.1. The second-order valence-corrected chi connectivity index (χ2v) is 6.28. The third-order valence-electron chi connectivity index (χ3n) is 3.49. The number of unbranched alkanes of at least 4 members (excludes halogenated alkanes) is 1. The highest BCUT2D eigenvalue weighted by atomic mass is 32.1. The van der Waals surface area contributed by atoms with E-state index in [0.29, 0.717) is 24.9 Å². The molecule has 0 radical (unpaired) electrons. The number of nitrogens with one attached hydrogen (secondary N) is 1. The van der Waals surface area contributed by atoms with Gasteiger partial charge in [0.15, 0.2) is 0 Å². The summed E-state index contributed by atoms with van der Waals surface area (Å²) in [6, 6.07) is 0. The first-order valence-electron chi connectivity index (χ1n) is 7.62. The van der Waals surface area contributed by atoms with Crippen LogP contribution in [0.25, 0.3) is 0 Å². The van der Waals surface area contributed by atoms with Crippen LogP contribution in [0, 0.1) is 5.92 Å². The minimum Gasteiger partial charge on any atom is -0.374 e. The molecular formula is C14H22N4O3S.